The average Bonchev–Trinajstić information content (AvgIpc) is 2.34. The number of alkyl halides is 2. The molecule has 0 radical (unpaired) electrons. The number of methoxy groups -OCH3 is 1. The van der Waals surface area contributed by atoms with Crippen LogP contribution in [-0.2, 0) is 9.05 Å². The van der Waals surface area contributed by atoms with E-state index in [1.807, 2.05) is 0 Å². The molecule has 0 spiro atoms. The second-order valence-corrected chi connectivity index (χ2v) is 7.39. The van der Waals surface area contributed by atoms with Gasteiger partial charge in [0.2, 0.25) is 0 Å². The molecule has 5 nitrogen and oxygen atoms in total. The number of carbonyl (C=O) groups excluding carboxylic acids is 1. The fraction of sp³-hybridized carbons (Fsp3) is 0.364. The van der Waals surface area contributed by atoms with Crippen molar-refractivity contribution in [3.63, 3.8) is 0 Å². The highest BCUT2D eigenvalue weighted by Gasteiger charge is 2.24. The summed E-state index contributed by atoms with van der Waals surface area (Å²) in [6.07, 6.45) is -2.70. The third-order valence-electron chi connectivity index (χ3n) is 2.48. The van der Waals surface area contributed by atoms with Crippen LogP contribution in [0.2, 0.25) is 0 Å². The number of carbonyl (C=O) groups is 1. The molecule has 1 aromatic rings. The van der Waals surface area contributed by atoms with Gasteiger partial charge in [0.1, 0.15) is 4.90 Å². The molecule has 21 heavy (non-hydrogen) atoms. The summed E-state index contributed by atoms with van der Waals surface area (Å²) in [5.74, 6) is -0.835. The Bertz CT molecular complexity index is 654. The standard InChI is InChI=1S/C11H11BrClF2NO4S/c1-16(5-9(14)15)11(17)6-3-7(12)10(20-2)8(4-6)21(13,18)19/h3-4,9H,5H2,1-2H3. The molecule has 0 unspecified atom stereocenters. The molecule has 0 saturated heterocycles. The van der Waals surface area contributed by atoms with Crippen LogP contribution in [0.15, 0.2) is 21.5 Å². The van der Waals surface area contributed by atoms with Crippen molar-refractivity contribution in [3.8, 4) is 5.75 Å². The summed E-state index contributed by atoms with van der Waals surface area (Å²) >= 11 is 3.05. The van der Waals surface area contributed by atoms with Gasteiger partial charge in [0.15, 0.2) is 5.75 Å². The predicted octanol–water partition coefficient (Wildman–Crippen LogP) is 2.72. The molecule has 0 atom stereocenters. The van der Waals surface area contributed by atoms with E-state index in [4.69, 9.17) is 15.4 Å². The average molecular weight is 407 g/mol. The molecule has 118 valence electrons. The van der Waals surface area contributed by atoms with E-state index < -0.39 is 32.8 Å². The van der Waals surface area contributed by atoms with Gasteiger partial charge in [-0.2, -0.15) is 0 Å². The summed E-state index contributed by atoms with van der Waals surface area (Å²) in [5.41, 5.74) is -0.106. The van der Waals surface area contributed by atoms with Crippen LogP contribution < -0.4 is 4.74 Å². The number of rotatable bonds is 5. The van der Waals surface area contributed by atoms with Crippen LogP contribution in [0.25, 0.3) is 0 Å². The highest BCUT2D eigenvalue weighted by atomic mass is 79.9. The van der Waals surface area contributed by atoms with Crippen molar-refractivity contribution in [1.29, 1.82) is 0 Å². The molecule has 0 saturated carbocycles. The zero-order valence-corrected chi connectivity index (χ0v) is 14.1. The molecule has 0 aliphatic rings. The van der Waals surface area contributed by atoms with Crippen LogP contribution in [0.5, 0.6) is 5.75 Å². The lowest BCUT2D eigenvalue weighted by atomic mass is 10.2. The highest BCUT2D eigenvalue weighted by molar-refractivity contribution is 9.10. The maximum absolute atomic E-state index is 12.3. The predicted molar refractivity (Wildman–Crippen MR) is 76.7 cm³/mol. The Morgan fingerprint density at radius 3 is 2.48 bits per heavy atom. The Kier molecular flexibility index (Phi) is 5.94. The maximum Gasteiger partial charge on any atom is 0.265 e. The van der Waals surface area contributed by atoms with Crippen molar-refractivity contribution in [2.45, 2.75) is 11.3 Å². The second kappa shape index (κ2) is 6.89. The minimum absolute atomic E-state index is 0.0712. The molecule has 0 aliphatic carbocycles. The van der Waals surface area contributed by atoms with Crippen LogP contribution in [0, 0.1) is 0 Å². The molecule has 0 aromatic heterocycles. The minimum Gasteiger partial charge on any atom is -0.494 e. The molecule has 0 heterocycles. The lowest BCUT2D eigenvalue weighted by Crippen LogP contribution is -2.31. The third-order valence-corrected chi connectivity index (χ3v) is 4.40. The van der Waals surface area contributed by atoms with Crippen molar-refractivity contribution in [3.05, 3.63) is 22.2 Å². The molecule has 0 fully saturated rings. The topological polar surface area (TPSA) is 63.7 Å². The van der Waals surface area contributed by atoms with Gasteiger partial charge in [0.25, 0.3) is 21.4 Å². The van der Waals surface area contributed by atoms with Crippen LogP contribution in [0.1, 0.15) is 10.4 Å². The van der Waals surface area contributed by atoms with Crippen molar-refractivity contribution in [1.82, 2.24) is 4.90 Å². The van der Waals surface area contributed by atoms with E-state index in [1.165, 1.54) is 20.2 Å². The number of hydrogen-bond acceptors (Lipinski definition) is 4. The smallest absolute Gasteiger partial charge is 0.265 e. The summed E-state index contributed by atoms with van der Waals surface area (Å²) in [7, 11) is 3.52. The Balaban J connectivity index is 3.34. The van der Waals surface area contributed by atoms with Crippen LogP contribution in [0.3, 0.4) is 0 Å². The van der Waals surface area contributed by atoms with Crippen molar-refractivity contribution in [2.75, 3.05) is 20.7 Å². The van der Waals surface area contributed by atoms with Gasteiger partial charge in [-0.3, -0.25) is 4.79 Å². The molecule has 1 aromatic carbocycles. The molecule has 0 aliphatic heterocycles. The molecule has 10 heteroatoms. The zero-order valence-electron chi connectivity index (χ0n) is 10.9. The molecular formula is C11H11BrClF2NO4S. The Labute approximate surface area is 133 Å². The second-order valence-electron chi connectivity index (χ2n) is 4.00. The minimum atomic E-state index is -4.17. The summed E-state index contributed by atoms with van der Waals surface area (Å²) in [6, 6.07) is 2.25. The lowest BCUT2D eigenvalue weighted by Gasteiger charge is -2.18. The Morgan fingerprint density at radius 1 is 1.48 bits per heavy atom. The first-order chi connectivity index (χ1) is 9.57. The summed E-state index contributed by atoms with van der Waals surface area (Å²) < 4.78 is 52.7. The summed E-state index contributed by atoms with van der Waals surface area (Å²) in [5, 5.41) is 0. The van der Waals surface area contributed by atoms with Crippen molar-refractivity contribution >= 4 is 41.6 Å². The van der Waals surface area contributed by atoms with E-state index in [0.29, 0.717) is 0 Å². The van der Waals surface area contributed by atoms with Crippen LogP contribution >= 0.6 is 26.6 Å². The number of benzene rings is 1. The van der Waals surface area contributed by atoms with Gasteiger partial charge in [0, 0.05) is 23.3 Å². The maximum atomic E-state index is 12.3. The van der Waals surface area contributed by atoms with Crippen LogP contribution in [0.4, 0.5) is 8.78 Å². The van der Waals surface area contributed by atoms with Gasteiger partial charge in [0.05, 0.1) is 18.1 Å². The fourth-order valence-electron chi connectivity index (χ4n) is 1.58. The van der Waals surface area contributed by atoms with E-state index in [0.717, 1.165) is 11.0 Å². The quantitative estimate of drug-likeness (QED) is 0.705. The van der Waals surface area contributed by atoms with E-state index in [1.54, 1.807) is 0 Å². The van der Waals surface area contributed by atoms with E-state index >= 15 is 0 Å². The zero-order chi connectivity index (χ0) is 16.4. The van der Waals surface area contributed by atoms with E-state index in [9.17, 15) is 22.0 Å². The van der Waals surface area contributed by atoms with E-state index in [-0.39, 0.29) is 15.8 Å². The summed E-state index contributed by atoms with van der Waals surface area (Å²) in [4.78, 5) is 12.4. The lowest BCUT2D eigenvalue weighted by molar-refractivity contribution is 0.0620. The van der Waals surface area contributed by atoms with Crippen LogP contribution in [-0.4, -0.2) is 46.4 Å². The highest BCUT2D eigenvalue weighted by Crippen LogP contribution is 2.35. The van der Waals surface area contributed by atoms with Gasteiger partial charge >= 0.3 is 0 Å². The van der Waals surface area contributed by atoms with Gasteiger partial charge in [-0.25, -0.2) is 17.2 Å². The monoisotopic (exact) mass is 405 g/mol. The third kappa shape index (κ3) is 4.52. The number of amides is 1. The SMILES string of the molecule is COc1c(Br)cc(C(=O)N(C)CC(F)F)cc1S(=O)(=O)Cl. The number of hydrogen-bond donors (Lipinski definition) is 0. The van der Waals surface area contributed by atoms with Gasteiger partial charge in [-0.1, -0.05) is 0 Å². The first kappa shape index (κ1) is 18.1. The van der Waals surface area contributed by atoms with Gasteiger partial charge in [-0.05, 0) is 28.1 Å². The van der Waals surface area contributed by atoms with Crippen molar-refractivity contribution < 1.29 is 26.7 Å². The number of nitrogens with zero attached hydrogens (tertiary/aromatic N) is 1. The first-order valence-corrected chi connectivity index (χ1v) is 8.54. The Morgan fingerprint density at radius 2 is 2.05 bits per heavy atom. The number of halogens is 4. The van der Waals surface area contributed by atoms with Crippen molar-refractivity contribution in [2.24, 2.45) is 0 Å². The Hall–Kier alpha value is -0.930. The molecular weight excluding hydrogens is 396 g/mol. The fourth-order valence-corrected chi connectivity index (χ4v) is 3.36. The summed E-state index contributed by atoms with van der Waals surface area (Å²) in [6.45, 7) is -0.772. The van der Waals surface area contributed by atoms with Gasteiger partial charge < -0.3 is 9.64 Å². The largest absolute Gasteiger partial charge is 0.494 e. The molecule has 0 N–H and O–H groups in total. The van der Waals surface area contributed by atoms with Gasteiger partial charge in [-0.15, -0.1) is 0 Å². The number of ether oxygens (including phenoxy) is 1. The normalized spacial score (nSPS) is 11.6. The molecule has 1 rings (SSSR count). The first-order valence-electron chi connectivity index (χ1n) is 5.43. The molecule has 1 amide bonds. The molecule has 0 bridgehead atoms. The van der Waals surface area contributed by atoms with E-state index in [2.05, 4.69) is 15.9 Å².